The van der Waals surface area contributed by atoms with Crippen LogP contribution in [-0.4, -0.2) is 21.8 Å². The predicted octanol–water partition coefficient (Wildman–Crippen LogP) is 2.55. The van der Waals surface area contributed by atoms with Crippen molar-refractivity contribution < 1.29 is 18.7 Å². The highest BCUT2D eigenvalue weighted by atomic mass is 19.1. The van der Waals surface area contributed by atoms with Crippen LogP contribution in [0.15, 0.2) is 61.2 Å². The number of hydrogen-bond acceptors (Lipinski definition) is 5. The fourth-order valence-electron chi connectivity index (χ4n) is 2.25. The molecule has 0 unspecified atom stereocenters. The number of nitrogens with zero attached hydrogens (tertiary/aromatic N) is 2. The average Bonchev–Trinajstić information content (AvgIpc) is 2.69. The molecule has 0 aliphatic heterocycles. The second-order valence-electron chi connectivity index (χ2n) is 5.57. The second-order valence-corrected chi connectivity index (χ2v) is 5.57. The molecule has 3 aromatic rings. The Morgan fingerprint density at radius 3 is 2.63 bits per heavy atom. The summed E-state index contributed by atoms with van der Waals surface area (Å²) in [5.74, 6) is -1.32. The molecule has 1 aromatic carbocycles. The van der Waals surface area contributed by atoms with Gasteiger partial charge in [0.15, 0.2) is 0 Å². The van der Waals surface area contributed by atoms with Crippen molar-refractivity contribution in [1.29, 1.82) is 0 Å². The van der Waals surface area contributed by atoms with Gasteiger partial charge in [-0.1, -0.05) is 6.07 Å². The molecule has 2 heterocycles. The Balaban J connectivity index is 1.71. The summed E-state index contributed by atoms with van der Waals surface area (Å²) < 4.78 is 19.6. The molecule has 3 rings (SSSR count). The maximum atomic E-state index is 14.0. The van der Waals surface area contributed by atoms with Crippen molar-refractivity contribution in [2.45, 2.75) is 6.61 Å². The Morgan fingerprint density at radius 1 is 1.07 bits per heavy atom. The number of nitrogens with one attached hydrogen (secondary N) is 1. The Bertz CT molecular complexity index is 980. The van der Waals surface area contributed by atoms with Crippen molar-refractivity contribution in [3.63, 3.8) is 0 Å². The molecule has 136 valence electrons. The van der Waals surface area contributed by atoms with Gasteiger partial charge >= 0.3 is 0 Å². The number of benzene rings is 1. The van der Waals surface area contributed by atoms with Crippen LogP contribution < -0.4 is 15.8 Å². The molecule has 2 amide bonds. The third-order valence-corrected chi connectivity index (χ3v) is 3.61. The molecule has 8 heteroatoms. The van der Waals surface area contributed by atoms with Gasteiger partial charge in [-0.2, -0.15) is 0 Å². The molecule has 0 aliphatic rings. The first-order valence-corrected chi connectivity index (χ1v) is 7.90. The summed E-state index contributed by atoms with van der Waals surface area (Å²) in [7, 11) is 0. The highest BCUT2D eigenvalue weighted by Gasteiger charge is 2.11. The van der Waals surface area contributed by atoms with E-state index in [1.165, 1.54) is 49.1 Å². The van der Waals surface area contributed by atoms with E-state index in [1.54, 1.807) is 12.1 Å². The minimum atomic E-state index is -0.616. The predicted molar refractivity (Wildman–Crippen MR) is 95.7 cm³/mol. The van der Waals surface area contributed by atoms with E-state index >= 15 is 0 Å². The molecule has 27 heavy (non-hydrogen) atoms. The van der Waals surface area contributed by atoms with Crippen molar-refractivity contribution in [1.82, 2.24) is 9.97 Å². The zero-order valence-corrected chi connectivity index (χ0v) is 14.1. The lowest BCUT2D eigenvalue weighted by atomic mass is 10.2. The quantitative estimate of drug-likeness (QED) is 0.697. The summed E-state index contributed by atoms with van der Waals surface area (Å²) in [4.78, 5) is 31.1. The van der Waals surface area contributed by atoms with E-state index in [0.29, 0.717) is 16.9 Å². The van der Waals surface area contributed by atoms with Crippen LogP contribution in [0.5, 0.6) is 5.75 Å². The van der Waals surface area contributed by atoms with Crippen LogP contribution in [-0.2, 0) is 6.61 Å². The van der Waals surface area contributed by atoms with Gasteiger partial charge in [-0.05, 0) is 35.9 Å². The van der Waals surface area contributed by atoms with E-state index in [1.807, 2.05) is 0 Å². The van der Waals surface area contributed by atoms with Crippen LogP contribution in [0.1, 0.15) is 26.3 Å². The lowest BCUT2D eigenvalue weighted by Gasteiger charge is -2.10. The summed E-state index contributed by atoms with van der Waals surface area (Å²) in [6.07, 6.45) is 5.69. The van der Waals surface area contributed by atoms with E-state index in [2.05, 4.69) is 15.3 Å². The lowest BCUT2D eigenvalue weighted by molar-refractivity contribution is 0.0996. The first-order valence-electron chi connectivity index (χ1n) is 7.90. The van der Waals surface area contributed by atoms with Crippen LogP contribution in [0.4, 0.5) is 10.1 Å². The molecule has 0 saturated heterocycles. The summed E-state index contributed by atoms with van der Waals surface area (Å²) in [6, 6.07) is 8.88. The Morgan fingerprint density at radius 2 is 1.89 bits per heavy atom. The number of hydrogen-bond donors (Lipinski definition) is 2. The maximum absolute atomic E-state index is 14.0. The topological polar surface area (TPSA) is 107 Å². The van der Waals surface area contributed by atoms with Crippen LogP contribution in [0.3, 0.4) is 0 Å². The first-order chi connectivity index (χ1) is 13.0. The number of anilines is 1. The Labute approximate surface area is 154 Å². The number of carbonyl (C=O) groups is 2. The highest BCUT2D eigenvalue weighted by Crippen LogP contribution is 2.19. The van der Waals surface area contributed by atoms with Crippen LogP contribution in [0.2, 0.25) is 0 Å². The van der Waals surface area contributed by atoms with Crippen molar-refractivity contribution in [3.8, 4) is 5.75 Å². The third kappa shape index (κ3) is 4.63. The zero-order chi connectivity index (χ0) is 19.2. The summed E-state index contributed by atoms with van der Waals surface area (Å²) in [6.45, 7) is 0.0833. The monoisotopic (exact) mass is 366 g/mol. The molecule has 0 aliphatic carbocycles. The second kappa shape index (κ2) is 8.05. The van der Waals surface area contributed by atoms with Crippen molar-refractivity contribution in [2.24, 2.45) is 5.73 Å². The Kier molecular flexibility index (Phi) is 5.36. The van der Waals surface area contributed by atoms with E-state index in [-0.39, 0.29) is 17.9 Å². The molecule has 0 atom stereocenters. The molecular weight excluding hydrogens is 351 g/mol. The zero-order valence-electron chi connectivity index (χ0n) is 14.1. The van der Waals surface area contributed by atoms with E-state index in [9.17, 15) is 14.0 Å². The molecule has 7 nitrogen and oxygen atoms in total. The number of aromatic nitrogens is 2. The van der Waals surface area contributed by atoms with Gasteiger partial charge in [0.25, 0.3) is 5.91 Å². The average molecular weight is 366 g/mol. The minimum absolute atomic E-state index is 0.0222. The van der Waals surface area contributed by atoms with Crippen molar-refractivity contribution in [2.75, 3.05) is 5.32 Å². The summed E-state index contributed by atoms with van der Waals surface area (Å²) >= 11 is 0. The molecule has 0 fully saturated rings. The van der Waals surface area contributed by atoms with E-state index < -0.39 is 17.6 Å². The van der Waals surface area contributed by atoms with Crippen LogP contribution in [0, 0.1) is 5.82 Å². The molecule has 0 radical (unpaired) electrons. The standard InChI is InChI=1S/C19H15FN4O3/c20-16-4-3-12(11-27-15-7-14(18(21)25)9-23-10-15)6-17(16)24-19(26)13-2-1-5-22-8-13/h1-10H,11H2,(H2,21,25)(H,24,26). The van der Waals surface area contributed by atoms with Crippen molar-refractivity contribution in [3.05, 3.63) is 83.7 Å². The fraction of sp³-hybridized carbons (Fsp3) is 0.0526. The van der Waals surface area contributed by atoms with Gasteiger partial charge in [-0.25, -0.2) is 4.39 Å². The number of halogens is 1. The van der Waals surface area contributed by atoms with Gasteiger partial charge in [0.2, 0.25) is 5.91 Å². The van der Waals surface area contributed by atoms with Crippen LogP contribution >= 0.6 is 0 Å². The maximum Gasteiger partial charge on any atom is 0.257 e. The number of nitrogens with two attached hydrogens (primary N) is 1. The molecule has 3 N–H and O–H groups in total. The summed E-state index contributed by atoms with van der Waals surface area (Å²) in [5.41, 5.74) is 6.37. The molecule has 0 spiro atoms. The molecule has 2 aromatic heterocycles. The number of ether oxygens (including phenoxy) is 1. The summed E-state index contributed by atoms with van der Waals surface area (Å²) in [5, 5.41) is 2.51. The SMILES string of the molecule is NC(=O)c1cncc(OCc2ccc(F)c(NC(=O)c3cccnc3)c2)c1. The van der Waals surface area contributed by atoms with Gasteiger partial charge in [0.05, 0.1) is 23.0 Å². The lowest BCUT2D eigenvalue weighted by Crippen LogP contribution is -2.13. The smallest absolute Gasteiger partial charge is 0.257 e. The largest absolute Gasteiger partial charge is 0.487 e. The van der Waals surface area contributed by atoms with Gasteiger partial charge in [0, 0.05) is 18.6 Å². The Hall–Kier alpha value is -3.81. The number of rotatable bonds is 6. The van der Waals surface area contributed by atoms with Crippen molar-refractivity contribution >= 4 is 17.5 Å². The molecule has 0 saturated carbocycles. The fourth-order valence-corrected chi connectivity index (χ4v) is 2.25. The molecular formula is C19H15FN4O3. The van der Waals surface area contributed by atoms with Crippen LogP contribution in [0.25, 0.3) is 0 Å². The number of pyridine rings is 2. The first kappa shape index (κ1) is 18.0. The number of primary amides is 1. The van der Waals surface area contributed by atoms with E-state index in [4.69, 9.17) is 10.5 Å². The third-order valence-electron chi connectivity index (χ3n) is 3.61. The van der Waals surface area contributed by atoms with Gasteiger partial charge in [-0.15, -0.1) is 0 Å². The van der Waals surface area contributed by atoms with Gasteiger partial charge < -0.3 is 15.8 Å². The molecule has 0 bridgehead atoms. The highest BCUT2D eigenvalue weighted by molar-refractivity contribution is 6.04. The van der Waals surface area contributed by atoms with Gasteiger partial charge in [-0.3, -0.25) is 19.6 Å². The van der Waals surface area contributed by atoms with Gasteiger partial charge in [0.1, 0.15) is 18.2 Å². The minimum Gasteiger partial charge on any atom is -0.487 e. The van der Waals surface area contributed by atoms with E-state index in [0.717, 1.165) is 0 Å². The number of amides is 2. The normalized spacial score (nSPS) is 10.3. The number of carbonyl (C=O) groups excluding carboxylic acids is 2.